The number of ether oxygens (including phenoxy) is 11. The first kappa shape index (κ1) is 52.0. The predicted molar refractivity (Wildman–Crippen MR) is 224 cm³/mol. The van der Waals surface area contributed by atoms with Gasteiger partial charge < -0.3 is 62.5 Å². The van der Waals surface area contributed by atoms with E-state index in [1.165, 1.54) is 4.90 Å². The van der Waals surface area contributed by atoms with E-state index < -0.39 is 12.2 Å². The second-order valence-electron chi connectivity index (χ2n) is 13.2. The number of rotatable bonds is 37. The van der Waals surface area contributed by atoms with Crippen LogP contribution in [-0.4, -0.2) is 177 Å². The molecule has 1 unspecified atom stereocenters. The molecule has 0 aliphatic heterocycles. The van der Waals surface area contributed by atoms with Crippen LogP contribution in [0.15, 0.2) is 48.5 Å². The fraction of sp³-hybridized carbons (Fsp3) is 0.619. The maximum absolute atomic E-state index is 12.6. The van der Waals surface area contributed by atoms with Crippen LogP contribution in [0.1, 0.15) is 36.4 Å². The molecule has 0 saturated heterocycles. The number of carbonyl (C=O) groups excluding carboxylic acids is 2. The molecule has 0 fully saturated rings. The molecule has 62 heavy (non-hydrogen) atoms. The maximum Gasteiger partial charge on any atom is 0.414 e. The second-order valence-corrected chi connectivity index (χ2v) is 13.2. The third-order valence-corrected chi connectivity index (χ3v) is 8.50. The molecule has 0 spiro atoms. The monoisotopic (exact) mass is 876 g/mol. The standard InChI is InChI=1S/C42H64N6O14/c1-34(62-42(51)48(2)38-10-6-36(33-49)7-11-38)40-44-46-41(47-45-40)37-8-4-35(5-9-37)32-43-39(50)12-13-53-16-17-55-20-21-57-24-25-59-28-29-61-31-30-60-27-26-58-23-22-56-19-18-54-15-14-52-3/h4-11,34,49H,12-33H2,1-3H3,(H,43,50). The van der Waals surface area contributed by atoms with Crippen molar-refractivity contribution in [2.45, 2.75) is 32.6 Å². The van der Waals surface area contributed by atoms with Gasteiger partial charge in [0.15, 0.2) is 6.10 Å². The zero-order chi connectivity index (χ0) is 44.3. The van der Waals surface area contributed by atoms with Crippen molar-refractivity contribution in [3.63, 3.8) is 0 Å². The van der Waals surface area contributed by atoms with Crippen molar-refractivity contribution < 1.29 is 66.8 Å². The van der Waals surface area contributed by atoms with Gasteiger partial charge in [-0.2, -0.15) is 0 Å². The summed E-state index contributed by atoms with van der Waals surface area (Å²) < 4.78 is 59.5. The van der Waals surface area contributed by atoms with Crippen LogP contribution in [0.5, 0.6) is 0 Å². The van der Waals surface area contributed by atoms with Gasteiger partial charge in [0.1, 0.15) is 0 Å². The van der Waals surface area contributed by atoms with Crippen molar-refractivity contribution in [1.82, 2.24) is 25.7 Å². The molecule has 0 saturated carbocycles. The van der Waals surface area contributed by atoms with Crippen LogP contribution < -0.4 is 10.2 Å². The molecule has 1 aromatic heterocycles. The Hall–Kier alpha value is -4.32. The highest BCUT2D eigenvalue weighted by Crippen LogP contribution is 2.19. The lowest BCUT2D eigenvalue weighted by Gasteiger charge is -2.19. The summed E-state index contributed by atoms with van der Waals surface area (Å²) in [5, 5.41) is 28.6. The fourth-order valence-corrected chi connectivity index (χ4v) is 4.96. The number of aromatic nitrogens is 4. The highest BCUT2D eigenvalue weighted by Gasteiger charge is 2.20. The number of hydrogen-bond donors (Lipinski definition) is 2. The lowest BCUT2D eigenvalue weighted by molar-refractivity contribution is -0.122. The Bertz CT molecular complexity index is 1580. The largest absolute Gasteiger partial charge is 0.438 e. The average molecular weight is 877 g/mol. The van der Waals surface area contributed by atoms with Gasteiger partial charge in [0.2, 0.25) is 17.6 Å². The molecule has 0 aliphatic carbocycles. The van der Waals surface area contributed by atoms with Crippen molar-refractivity contribution in [1.29, 1.82) is 0 Å². The number of nitrogens with zero attached hydrogens (tertiary/aromatic N) is 5. The van der Waals surface area contributed by atoms with Crippen LogP contribution in [0.25, 0.3) is 11.4 Å². The molecule has 1 heterocycles. The van der Waals surface area contributed by atoms with Gasteiger partial charge in [-0.3, -0.25) is 9.69 Å². The number of carbonyl (C=O) groups is 2. The number of aliphatic hydroxyl groups excluding tert-OH is 1. The SMILES string of the molecule is COCCOCCOCCOCCOCCOCCOCCOCCOCCOCCC(=O)NCc1ccc(-c2nnc(C(C)OC(=O)N(C)c3ccc(CO)cc3)nn2)cc1. The number of nitrogens with one attached hydrogen (secondary N) is 1. The molecule has 0 aliphatic rings. The summed E-state index contributed by atoms with van der Waals surface area (Å²) in [7, 11) is 3.22. The van der Waals surface area contributed by atoms with E-state index in [9.17, 15) is 14.7 Å². The summed E-state index contributed by atoms with van der Waals surface area (Å²) in [4.78, 5) is 26.3. The quantitative estimate of drug-likeness (QED) is 0.0795. The molecule has 3 aromatic rings. The average Bonchev–Trinajstić information content (AvgIpc) is 3.30. The van der Waals surface area contributed by atoms with Crippen molar-refractivity contribution in [3.8, 4) is 11.4 Å². The Morgan fingerprint density at radius 2 is 0.984 bits per heavy atom. The summed E-state index contributed by atoms with van der Waals surface area (Å²) in [5.74, 6) is 0.316. The summed E-state index contributed by atoms with van der Waals surface area (Å²) >= 11 is 0. The molecule has 346 valence electrons. The van der Waals surface area contributed by atoms with Crippen LogP contribution in [0.2, 0.25) is 0 Å². The van der Waals surface area contributed by atoms with E-state index in [0.717, 1.165) is 11.1 Å². The molecule has 2 amide bonds. The molecule has 2 N–H and O–H groups in total. The van der Waals surface area contributed by atoms with Gasteiger partial charge in [0.05, 0.1) is 132 Å². The molecule has 3 rings (SSSR count). The summed E-state index contributed by atoms with van der Waals surface area (Å²) in [5.41, 5.74) is 2.91. The van der Waals surface area contributed by atoms with Gasteiger partial charge in [0, 0.05) is 38.4 Å². The Balaban J connectivity index is 1.08. The summed E-state index contributed by atoms with van der Waals surface area (Å²) in [6, 6.07) is 14.2. The highest BCUT2D eigenvalue weighted by molar-refractivity contribution is 5.87. The van der Waals surface area contributed by atoms with E-state index in [2.05, 4.69) is 25.7 Å². The van der Waals surface area contributed by atoms with E-state index in [-0.39, 0.29) is 31.4 Å². The number of aliphatic hydroxyl groups is 1. The van der Waals surface area contributed by atoms with Crippen molar-refractivity contribution in [2.75, 3.05) is 145 Å². The van der Waals surface area contributed by atoms with Crippen LogP contribution in [-0.2, 0) is 70.1 Å². The van der Waals surface area contributed by atoms with Gasteiger partial charge in [-0.05, 0) is 30.2 Å². The number of amides is 2. The minimum Gasteiger partial charge on any atom is -0.438 e. The Morgan fingerprint density at radius 1 is 0.581 bits per heavy atom. The molecular weight excluding hydrogens is 812 g/mol. The van der Waals surface area contributed by atoms with Crippen molar-refractivity contribution in [3.05, 3.63) is 65.5 Å². The smallest absolute Gasteiger partial charge is 0.414 e. The highest BCUT2D eigenvalue weighted by atomic mass is 16.6. The number of benzene rings is 2. The normalized spacial score (nSPS) is 11.7. The summed E-state index contributed by atoms with van der Waals surface area (Å²) in [6.07, 6.45) is -1.18. The maximum atomic E-state index is 12.6. The van der Waals surface area contributed by atoms with Gasteiger partial charge in [-0.25, -0.2) is 4.79 Å². The number of hydrogen-bond acceptors (Lipinski definition) is 18. The molecule has 0 bridgehead atoms. The lowest BCUT2D eigenvalue weighted by Crippen LogP contribution is -2.28. The first-order chi connectivity index (χ1) is 30.4. The Morgan fingerprint density at radius 3 is 1.40 bits per heavy atom. The number of anilines is 1. The minimum atomic E-state index is -0.794. The van der Waals surface area contributed by atoms with Gasteiger partial charge in [-0.15, -0.1) is 20.4 Å². The fourth-order valence-electron chi connectivity index (χ4n) is 4.96. The summed E-state index contributed by atoms with van der Waals surface area (Å²) in [6.45, 7) is 10.9. The zero-order valence-electron chi connectivity index (χ0n) is 36.2. The van der Waals surface area contributed by atoms with E-state index in [1.54, 1.807) is 45.3 Å². The zero-order valence-corrected chi connectivity index (χ0v) is 36.2. The molecule has 0 radical (unpaired) electrons. The van der Waals surface area contributed by atoms with Crippen LogP contribution >= 0.6 is 0 Å². The van der Waals surface area contributed by atoms with Gasteiger partial charge in [0.25, 0.3) is 0 Å². The third-order valence-electron chi connectivity index (χ3n) is 8.50. The van der Waals surface area contributed by atoms with Gasteiger partial charge >= 0.3 is 6.09 Å². The lowest BCUT2D eigenvalue weighted by atomic mass is 10.1. The Kier molecular flexibility index (Phi) is 28.7. The molecular formula is C42H64N6O14. The molecule has 2 aromatic carbocycles. The molecule has 1 atom stereocenters. The van der Waals surface area contributed by atoms with E-state index in [0.29, 0.717) is 143 Å². The topological polar surface area (TPSA) is 223 Å². The number of methoxy groups -OCH3 is 1. The minimum absolute atomic E-state index is 0.0865. The molecule has 20 nitrogen and oxygen atoms in total. The van der Waals surface area contributed by atoms with Crippen molar-refractivity contribution >= 4 is 17.7 Å². The van der Waals surface area contributed by atoms with E-state index >= 15 is 0 Å². The van der Waals surface area contributed by atoms with Gasteiger partial charge in [-0.1, -0.05) is 36.4 Å². The van der Waals surface area contributed by atoms with Crippen LogP contribution in [0, 0.1) is 0 Å². The second kappa shape index (κ2) is 34.2. The van der Waals surface area contributed by atoms with E-state index in [1.807, 2.05) is 24.3 Å². The Labute approximate surface area is 363 Å². The first-order valence-corrected chi connectivity index (χ1v) is 20.7. The van der Waals surface area contributed by atoms with E-state index in [4.69, 9.17) is 52.1 Å². The third kappa shape index (κ3) is 23.8. The van der Waals surface area contributed by atoms with Crippen molar-refractivity contribution in [2.24, 2.45) is 0 Å². The molecule has 20 heteroatoms. The van der Waals surface area contributed by atoms with Crippen LogP contribution in [0.4, 0.5) is 10.5 Å². The van der Waals surface area contributed by atoms with Crippen LogP contribution in [0.3, 0.4) is 0 Å². The first-order valence-electron chi connectivity index (χ1n) is 20.7. The predicted octanol–water partition coefficient (Wildman–Crippen LogP) is 2.56.